The summed E-state index contributed by atoms with van der Waals surface area (Å²) in [6, 6.07) is 5.77. The first-order valence-corrected chi connectivity index (χ1v) is 7.75. The van der Waals surface area contributed by atoms with E-state index in [9.17, 15) is 8.42 Å². The number of hydrogen-bond acceptors (Lipinski definition) is 5. The Balaban J connectivity index is 1.92. The van der Waals surface area contributed by atoms with Gasteiger partial charge in [-0.05, 0) is 12.1 Å². The van der Waals surface area contributed by atoms with Crippen LogP contribution < -0.4 is 4.90 Å². The van der Waals surface area contributed by atoms with Gasteiger partial charge in [-0.25, -0.2) is 13.4 Å². The lowest BCUT2D eigenvalue weighted by Crippen LogP contribution is -2.40. The van der Waals surface area contributed by atoms with Crippen molar-refractivity contribution in [2.45, 2.75) is 0 Å². The maximum Gasteiger partial charge on any atom is 0.153 e. The first-order chi connectivity index (χ1) is 9.09. The van der Waals surface area contributed by atoms with Crippen LogP contribution >= 0.6 is 0 Å². The van der Waals surface area contributed by atoms with E-state index in [1.807, 2.05) is 17.0 Å². The Labute approximate surface area is 110 Å². The Kier molecular flexibility index (Phi) is 2.68. The highest BCUT2D eigenvalue weighted by molar-refractivity contribution is 7.91. The minimum absolute atomic E-state index is 0.168. The maximum absolute atomic E-state index is 11.4. The smallest absolute Gasteiger partial charge is 0.153 e. The summed E-state index contributed by atoms with van der Waals surface area (Å²) in [5, 5.41) is 9.71. The molecule has 1 N–H and O–H groups in total. The highest BCUT2D eigenvalue weighted by Gasteiger charge is 2.22. The molecule has 0 unspecified atom stereocenters. The highest BCUT2D eigenvalue weighted by Crippen LogP contribution is 2.21. The van der Waals surface area contributed by atoms with Gasteiger partial charge in [-0.1, -0.05) is 0 Å². The summed E-state index contributed by atoms with van der Waals surface area (Å²) in [6.45, 7) is 0.930. The van der Waals surface area contributed by atoms with Gasteiger partial charge in [-0.15, -0.1) is 0 Å². The molecule has 1 aliphatic heterocycles. The summed E-state index contributed by atoms with van der Waals surface area (Å²) >= 11 is 0. The summed E-state index contributed by atoms with van der Waals surface area (Å²) in [5.41, 5.74) is 1.22. The Morgan fingerprint density at radius 2 is 2.05 bits per heavy atom. The first kappa shape index (κ1) is 12.0. The SMILES string of the molecule is N#Cc1c[nH]c2nc(N3CCS(=O)(=O)CC3)ccc12. The summed E-state index contributed by atoms with van der Waals surface area (Å²) < 4.78 is 22.8. The lowest BCUT2D eigenvalue weighted by molar-refractivity contribution is 0.586. The van der Waals surface area contributed by atoms with Crippen molar-refractivity contribution in [3.05, 3.63) is 23.9 Å². The van der Waals surface area contributed by atoms with E-state index in [2.05, 4.69) is 16.0 Å². The normalized spacial score (nSPS) is 18.4. The zero-order valence-corrected chi connectivity index (χ0v) is 10.9. The van der Waals surface area contributed by atoms with Gasteiger partial charge in [-0.3, -0.25) is 0 Å². The van der Waals surface area contributed by atoms with Crippen LogP contribution in [0.4, 0.5) is 5.82 Å². The second kappa shape index (κ2) is 4.24. The van der Waals surface area contributed by atoms with Crippen LogP contribution in [0.5, 0.6) is 0 Å². The number of rotatable bonds is 1. The molecule has 3 heterocycles. The van der Waals surface area contributed by atoms with Gasteiger partial charge in [0.15, 0.2) is 9.84 Å². The molecule has 0 atom stereocenters. The molecule has 0 bridgehead atoms. The Bertz CT molecular complexity index is 759. The van der Waals surface area contributed by atoms with Gasteiger partial charge in [-0.2, -0.15) is 5.26 Å². The molecule has 3 rings (SSSR count). The summed E-state index contributed by atoms with van der Waals surface area (Å²) in [6.07, 6.45) is 1.63. The van der Waals surface area contributed by atoms with Gasteiger partial charge in [0.25, 0.3) is 0 Å². The van der Waals surface area contributed by atoms with E-state index in [-0.39, 0.29) is 11.5 Å². The number of nitriles is 1. The lowest BCUT2D eigenvalue weighted by atomic mass is 10.2. The fourth-order valence-corrected chi connectivity index (χ4v) is 3.41. The molecule has 1 aliphatic rings. The average molecular weight is 276 g/mol. The van der Waals surface area contributed by atoms with Crippen LogP contribution in [-0.4, -0.2) is 43.0 Å². The molecule has 2 aromatic rings. The van der Waals surface area contributed by atoms with E-state index in [0.29, 0.717) is 24.3 Å². The van der Waals surface area contributed by atoms with Crippen molar-refractivity contribution in [3.8, 4) is 6.07 Å². The molecule has 0 amide bonds. The first-order valence-electron chi connectivity index (χ1n) is 5.93. The van der Waals surface area contributed by atoms with E-state index in [1.54, 1.807) is 6.20 Å². The third kappa shape index (κ3) is 2.15. The fraction of sp³-hybridized carbons (Fsp3) is 0.333. The van der Waals surface area contributed by atoms with E-state index < -0.39 is 9.84 Å². The molecule has 0 aliphatic carbocycles. The fourth-order valence-electron chi connectivity index (χ4n) is 2.20. The largest absolute Gasteiger partial charge is 0.355 e. The number of hydrogen-bond donors (Lipinski definition) is 1. The van der Waals surface area contributed by atoms with Crippen molar-refractivity contribution >= 4 is 26.7 Å². The van der Waals surface area contributed by atoms with Gasteiger partial charge >= 0.3 is 0 Å². The predicted molar refractivity (Wildman–Crippen MR) is 71.7 cm³/mol. The zero-order chi connectivity index (χ0) is 13.5. The van der Waals surface area contributed by atoms with Crippen molar-refractivity contribution in [1.82, 2.24) is 9.97 Å². The standard InChI is InChI=1S/C12H12N4O2S/c13-7-9-8-14-12-10(9)1-2-11(15-12)16-3-5-19(17,18)6-4-16/h1-2,8H,3-6H2,(H,14,15). The van der Waals surface area contributed by atoms with Crippen molar-refractivity contribution < 1.29 is 8.42 Å². The quantitative estimate of drug-likeness (QED) is 0.826. The number of anilines is 1. The minimum atomic E-state index is -2.89. The second-order valence-corrected chi connectivity index (χ2v) is 6.82. The Hall–Kier alpha value is -2.07. The molecule has 6 nitrogen and oxygen atoms in total. The van der Waals surface area contributed by atoms with Crippen LogP contribution in [0.25, 0.3) is 11.0 Å². The van der Waals surface area contributed by atoms with Gasteiger partial charge in [0.2, 0.25) is 0 Å². The number of nitrogens with zero attached hydrogens (tertiary/aromatic N) is 3. The summed E-state index contributed by atoms with van der Waals surface area (Å²) in [7, 11) is -2.89. The molecule has 98 valence electrons. The molecular weight excluding hydrogens is 264 g/mol. The third-order valence-electron chi connectivity index (χ3n) is 3.31. The van der Waals surface area contributed by atoms with Gasteiger partial charge < -0.3 is 9.88 Å². The third-order valence-corrected chi connectivity index (χ3v) is 4.92. The van der Waals surface area contributed by atoms with Gasteiger partial charge in [0.1, 0.15) is 17.5 Å². The molecular formula is C12H12N4O2S. The molecule has 1 saturated heterocycles. The summed E-state index contributed by atoms with van der Waals surface area (Å²) in [5.74, 6) is 1.08. The number of H-pyrrole nitrogens is 1. The molecule has 7 heteroatoms. The number of aromatic amines is 1. The number of nitrogens with one attached hydrogen (secondary N) is 1. The molecule has 0 spiro atoms. The average Bonchev–Trinajstić information content (AvgIpc) is 2.80. The van der Waals surface area contributed by atoms with Crippen LogP contribution in [0, 0.1) is 11.3 Å². The van der Waals surface area contributed by atoms with E-state index >= 15 is 0 Å². The number of fused-ring (bicyclic) bond motifs is 1. The van der Waals surface area contributed by atoms with Crippen molar-refractivity contribution in [2.75, 3.05) is 29.5 Å². The van der Waals surface area contributed by atoms with E-state index in [1.165, 1.54) is 0 Å². The molecule has 0 radical (unpaired) electrons. The van der Waals surface area contributed by atoms with Crippen molar-refractivity contribution in [2.24, 2.45) is 0 Å². The van der Waals surface area contributed by atoms with E-state index in [0.717, 1.165) is 11.2 Å². The Morgan fingerprint density at radius 3 is 2.74 bits per heavy atom. The molecule has 1 fully saturated rings. The Morgan fingerprint density at radius 1 is 1.32 bits per heavy atom. The number of sulfone groups is 1. The van der Waals surface area contributed by atoms with Gasteiger partial charge in [0, 0.05) is 24.7 Å². The zero-order valence-electron chi connectivity index (χ0n) is 10.1. The molecule has 19 heavy (non-hydrogen) atoms. The van der Waals surface area contributed by atoms with Crippen LogP contribution in [0.15, 0.2) is 18.3 Å². The topological polar surface area (TPSA) is 89.8 Å². The van der Waals surface area contributed by atoms with Crippen molar-refractivity contribution in [3.63, 3.8) is 0 Å². The predicted octanol–water partition coefficient (Wildman–Crippen LogP) is 0.669. The minimum Gasteiger partial charge on any atom is -0.355 e. The highest BCUT2D eigenvalue weighted by atomic mass is 32.2. The van der Waals surface area contributed by atoms with Crippen LogP contribution in [0.3, 0.4) is 0 Å². The van der Waals surface area contributed by atoms with E-state index in [4.69, 9.17) is 5.26 Å². The second-order valence-electron chi connectivity index (χ2n) is 4.52. The van der Waals surface area contributed by atoms with Crippen molar-refractivity contribution in [1.29, 1.82) is 5.26 Å². The van der Waals surface area contributed by atoms with Crippen LogP contribution in [-0.2, 0) is 9.84 Å². The van der Waals surface area contributed by atoms with Crippen LogP contribution in [0.1, 0.15) is 5.56 Å². The number of pyridine rings is 1. The molecule has 2 aromatic heterocycles. The molecule has 0 aromatic carbocycles. The monoisotopic (exact) mass is 276 g/mol. The molecule has 0 saturated carbocycles. The lowest BCUT2D eigenvalue weighted by Gasteiger charge is -2.27. The van der Waals surface area contributed by atoms with Crippen LogP contribution in [0.2, 0.25) is 0 Å². The maximum atomic E-state index is 11.4. The number of aromatic nitrogens is 2. The van der Waals surface area contributed by atoms with Gasteiger partial charge in [0.05, 0.1) is 17.1 Å². The summed E-state index contributed by atoms with van der Waals surface area (Å²) in [4.78, 5) is 9.35.